The van der Waals surface area contributed by atoms with E-state index in [1.165, 1.54) is 69.9 Å². The summed E-state index contributed by atoms with van der Waals surface area (Å²) < 4.78 is 5.11. The molecule has 2 aromatic heterocycles. The Bertz CT molecular complexity index is 2660. The zero-order chi connectivity index (χ0) is 32.0. The summed E-state index contributed by atoms with van der Waals surface area (Å²) in [5.41, 5.74) is 12.4. The second kappa shape index (κ2) is 10.2. The lowest BCUT2D eigenvalue weighted by Crippen LogP contribution is -2.16. The Labute approximate surface area is 283 Å². The van der Waals surface area contributed by atoms with E-state index in [2.05, 4.69) is 181 Å². The number of hydrogen-bond donors (Lipinski definition) is 0. The molecule has 1 aliphatic carbocycles. The third kappa shape index (κ3) is 3.85. The number of aromatic nitrogens is 1. The molecule has 0 aliphatic heterocycles. The first-order valence-corrected chi connectivity index (χ1v) is 17.4. The molecular formula is C45H32N2S. The molecule has 0 atom stereocenters. The smallest absolute Gasteiger partial charge is 0.0543 e. The van der Waals surface area contributed by atoms with Gasteiger partial charge in [0.15, 0.2) is 0 Å². The van der Waals surface area contributed by atoms with Gasteiger partial charge in [0.05, 0.1) is 16.7 Å². The van der Waals surface area contributed by atoms with Crippen LogP contribution in [0.15, 0.2) is 158 Å². The fourth-order valence-corrected chi connectivity index (χ4v) is 9.23. The van der Waals surface area contributed by atoms with E-state index in [1.807, 2.05) is 11.3 Å². The second-order valence-corrected chi connectivity index (χ2v) is 14.5. The quantitative estimate of drug-likeness (QED) is 0.187. The molecule has 0 radical (unpaired) electrons. The molecule has 2 nitrogen and oxygen atoms in total. The lowest BCUT2D eigenvalue weighted by Gasteiger charge is -2.28. The van der Waals surface area contributed by atoms with Crippen molar-refractivity contribution >= 4 is 70.4 Å². The third-order valence-electron chi connectivity index (χ3n) is 10.4. The monoisotopic (exact) mass is 632 g/mol. The summed E-state index contributed by atoms with van der Waals surface area (Å²) >= 11 is 1.86. The highest BCUT2D eigenvalue weighted by atomic mass is 32.1. The molecule has 10 rings (SSSR count). The van der Waals surface area contributed by atoms with E-state index in [9.17, 15) is 0 Å². The van der Waals surface area contributed by atoms with Crippen LogP contribution < -0.4 is 4.90 Å². The predicted octanol–water partition coefficient (Wildman–Crippen LogP) is 12.9. The molecule has 9 aromatic rings. The van der Waals surface area contributed by atoms with Crippen LogP contribution in [0.2, 0.25) is 0 Å². The van der Waals surface area contributed by atoms with Gasteiger partial charge in [0.1, 0.15) is 0 Å². The maximum atomic E-state index is 2.47. The van der Waals surface area contributed by atoms with Gasteiger partial charge in [-0.2, -0.15) is 0 Å². The van der Waals surface area contributed by atoms with Crippen molar-refractivity contribution in [3.8, 4) is 16.8 Å². The van der Waals surface area contributed by atoms with Gasteiger partial charge in [0.25, 0.3) is 0 Å². The average molecular weight is 633 g/mol. The Balaban J connectivity index is 1.19. The highest BCUT2D eigenvalue weighted by Crippen LogP contribution is 2.53. The number of rotatable bonds is 4. The molecule has 228 valence electrons. The van der Waals surface area contributed by atoms with Crippen molar-refractivity contribution in [1.82, 2.24) is 4.57 Å². The van der Waals surface area contributed by atoms with Crippen molar-refractivity contribution in [2.45, 2.75) is 19.3 Å². The molecule has 0 fully saturated rings. The Hall–Kier alpha value is -5.64. The minimum atomic E-state index is -0.175. The molecule has 1 aliphatic rings. The van der Waals surface area contributed by atoms with E-state index in [0.717, 1.165) is 17.1 Å². The summed E-state index contributed by atoms with van der Waals surface area (Å²) in [5.74, 6) is 0. The maximum absolute atomic E-state index is 2.47. The SMILES string of the molecule is CC1(C)c2cc(N(c3ccccc3)c3ccc4sc5ccccc5c4c3)ccc2-c2c(-n3c4ccccc4c4ccccc43)cccc21. The molecule has 0 bridgehead atoms. The van der Waals surface area contributed by atoms with Crippen LogP contribution in [0.1, 0.15) is 25.0 Å². The van der Waals surface area contributed by atoms with Gasteiger partial charge in [-0.1, -0.05) is 105 Å². The molecule has 0 unspecified atom stereocenters. The van der Waals surface area contributed by atoms with Crippen LogP contribution in [-0.4, -0.2) is 4.57 Å². The normalized spacial score (nSPS) is 13.4. The summed E-state index contributed by atoms with van der Waals surface area (Å²) in [7, 11) is 0. The molecular weight excluding hydrogens is 601 g/mol. The molecule has 3 heteroatoms. The standard InChI is InChI=1S/C45H32N2S/c1-45(2)37-18-12-21-41(47-39-19-9-6-15-32(39)33-16-7-10-20-40(33)47)44(37)35-25-23-31(28-38(35)45)46(29-13-4-3-5-14-29)30-24-26-43-36(27-30)34-17-8-11-22-42(34)48-43/h3-28H,1-2H3. The van der Waals surface area contributed by atoms with Crippen molar-refractivity contribution < 1.29 is 0 Å². The van der Waals surface area contributed by atoms with Crippen molar-refractivity contribution in [1.29, 1.82) is 0 Å². The van der Waals surface area contributed by atoms with Gasteiger partial charge in [-0.05, 0) is 83.4 Å². The van der Waals surface area contributed by atoms with E-state index in [4.69, 9.17) is 0 Å². The summed E-state index contributed by atoms with van der Waals surface area (Å²) in [5, 5.41) is 5.19. The molecule has 0 spiro atoms. The molecule has 0 amide bonds. The average Bonchev–Trinajstić information content (AvgIpc) is 3.74. The van der Waals surface area contributed by atoms with E-state index >= 15 is 0 Å². The van der Waals surface area contributed by atoms with Gasteiger partial charge in [-0.25, -0.2) is 0 Å². The van der Waals surface area contributed by atoms with Crippen LogP contribution in [0.5, 0.6) is 0 Å². The lowest BCUT2D eigenvalue weighted by molar-refractivity contribution is 0.660. The van der Waals surface area contributed by atoms with Crippen molar-refractivity contribution in [3.63, 3.8) is 0 Å². The van der Waals surface area contributed by atoms with Gasteiger partial charge in [-0.15, -0.1) is 11.3 Å². The number of fused-ring (bicyclic) bond motifs is 9. The number of benzene rings is 7. The Morgan fingerprint density at radius 3 is 1.88 bits per heavy atom. The molecule has 0 saturated heterocycles. The van der Waals surface area contributed by atoms with E-state index in [-0.39, 0.29) is 5.41 Å². The summed E-state index contributed by atoms with van der Waals surface area (Å²) in [6, 6.07) is 58.0. The van der Waals surface area contributed by atoms with E-state index in [1.54, 1.807) is 0 Å². The van der Waals surface area contributed by atoms with E-state index in [0.29, 0.717) is 0 Å². The molecule has 7 aromatic carbocycles. The number of thiophene rings is 1. The highest BCUT2D eigenvalue weighted by Gasteiger charge is 2.38. The topological polar surface area (TPSA) is 8.17 Å². The van der Waals surface area contributed by atoms with Crippen molar-refractivity contribution in [3.05, 3.63) is 169 Å². The summed E-state index contributed by atoms with van der Waals surface area (Å²) in [4.78, 5) is 2.42. The second-order valence-electron chi connectivity index (χ2n) is 13.4. The van der Waals surface area contributed by atoms with Gasteiger partial charge in [0.2, 0.25) is 0 Å². The fraction of sp³-hybridized carbons (Fsp3) is 0.0667. The lowest BCUT2D eigenvalue weighted by atomic mass is 9.82. The predicted molar refractivity (Wildman–Crippen MR) is 206 cm³/mol. The zero-order valence-electron chi connectivity index (χ0n) is 26.8. The minimum absolute atomic E-state index is 0.175. The Morgan fingerprint density at radius 1 is 0.479 bits per heavy atom. The van der Waals surface area contributed by atoms with Crippen LogP contribution >= 0.6 is 11.3 Å². The van der Waals surface area contributed by atoms with Crippen LogP contribution in [0, 0.1) is 0 Å². The zero-order valence-corrected chi connectivity index (χ0v) is 27.6. The van der Waals surface area contributed by atoms with Crippen molar-refractivity contribution in [2.24, 2.45) is 0 Å². The first-order valence-electron chi connectivity index (χ1n) is 16.6. The van der Waals surface area contributed by atoms with Crippen LogP contribution in [0.3, 0.4) is 0 Å². The summed E-state index contributed by atoms with van der Waals surface area (Å²) in [6.07, 6.45) is 0. The van der Waals surface area contributed by atoms with Gasteiger partial charge < -0.3 is 9.47 Å². The molecule has 2 heterocycles. The van der Waals surface area contributed by atoms with Crippen LogP contribution in [0.4, 0.5) is 17.1 Å². The number of nitrogens with zero attached hydrogens (tertiary/aromatic N) is 2. The van der Waals surface area contributed by atoms with Gasteiger partial charge >= 0.3 is 0 Å². The number of anilines is 3. The molecule has 0 saturated carbocycles. The first kappa shape index (κ1) is 27.5. The largest absolute Gasteiger partial charge is 0.310 e. The summed E-state index contributed by atoms with van der Waals surface area (Å²) in [6.45, 7) is 4.76. The number of hydrogen-bond acceptors (Lipinski definition) is 2. The van der Waals surface area contributed by atoms with Crippen molar-refractivity contribution in [2.75, 3.05) is 4.90 Å². The number of para-hydroxylation sites is 3. The van der Waals surface area contributed by atoms with Crippen LogP contribution in [0.25, 0.3) is 58.8 Å². The fourth-order valence-electron chi connectivity index (χ4n) is 8.14. The molecule has 0 N–H and O–H groups in total. The molecule has 48 heavy (non-hydrogen) atoms. The van der Waals surface area contributed by atoms with E-state index < -0.39 is 0 Å². The van der Waals surface area contributed by atoms with Crippen LogP contribution in [-0.2, 0) is 5.41 Å². The maximum Gasteiger partial charge on any atom is 0.0543 e. The Kier molecular flexibility index (Phi) is 5.82. The van der Waals surface area contributed by atoms with Gasteiger partial charge in [0, 0.05) is 59.0 Å². The minimum Gasteiger partial charge on any atom is -0.310 e. The Morgan fingerprint density at radius 2 is 1.10 bits per heavy atom. The van der Waals surface area contributed by atoms with Gasteiger partial charge in [-0.3, -0.25) is 0 Å². The first-order chi connectivity index (χ1) is 23.6. The third-order valence-corrected chi connectivity index (χ3v) is 11.5. The highest BCUT2D eigenvalue weighted by molar-refractivity contribution is 7.25.